The highest BCUT2D eigenvalue weighted by molar-refractivity contribution is 5.84. The first-order valence-corrected chi connectivity index (χ1v) is 9.80. The summed E-state index contributed by atoms with van der Waals surface area (Å²) in [6.45, 7) is 3.69. The summed E-state index contributed by atoms with van der Waals surface area (Å²) >= 11 is 0. The van der Waals surface area contributed by atoms with Crippen molar-refractivity contribution in [2.45, 2.75) is 12.8 Å². The topological polar surface area (TPSA) is 12.9 Å². The van der Waals surface area contributed by atoms with E-state index in [0.717, 1.165) is 29.2 Å². The minimum atomic E-state index is -0.747. The zero-order chi connectivity index (χ0) is 21.8. The number of rotatable bonds is 4. The lowest BCUT2D eigenvalue weighted by Gasteiger charge is -2.05. The number of allylic oxidation sites excluding steroid dienone is 1. The average Bonchev–Trinajstić information content (AvgIpc) is 2.77. The molecule has 4 heteroatoms. The molecule has 4 aromatic rings. The standard InChI is InChI=1S/C27H18F3N/c1-2-3-4-19-7-12-27(31-17-19)22-15-25(29)24(26(30)16-22)11-6-18-5-8-21-14-23(28)10-9-20(21)13-18/h2,5,7-10,12-17H,1,3-4H2. The number of aryl methyl sites for hydroxylation is 1. The van der Waals surface area contributed by atoms with Crippen LogP contribution in [0.1, 0.15) is 23.1 Å². The molecule has 4 rings (SSSR count). The van der Waals surface area contributed by atoms with Crippen LogP contribution in [0.25, 0.3) is 22.0 Å². The van der Waals surface area contributed by atoms with Crippen LogP contribution in [0.5, 0.6) is 0 Å². The molecule has 0 aliphatic heterocycles. The van der Waals surface area contributed by atoms with Crippen molar-refractivity contribution in [2.75, 3.05) is 0 Å². The van der Waals surface area contributed by atoms with Gasteiger partial charge in [0, 0.05) is 17.3 Å². The highest BCUT2D eigenvalue weighted by Crippen LogP contribution is 2.23. The summed E-state index contributed by atoms with van der Waals surface area (Å²) in [6.07, 6.45) is 5.19. The molecule has 31 heavy (non-hydrogen) atoms. The van der Waals surface area contributed by atoms with Crippen LogP contribution in [-0.4, -0.2) is 4.98 Å². The molecule has 0 saturated carbocycles. The van der Waals surface area contributed by atoms with E-state index in [4.69, 9.17) is 0 Å². The molecule has 0 radical (unpaired) electrons. The molecule has 0 fully saturated rings. The van der Waals surface area contributed by atoms with E-state index in [1.807, 2.05) is 12.1 Å². The molecule has 1 aromatic heterocycles. The third kappa shape index (κ3) is 4.67. The van der Waals surface area contributed by atoms with E-state index in [1.165, 1.54) is 24.3 Å². The Kier molecular flexibility index (Phi) is 5.86. The lowest BCUT2D eigenvalue weighted by Crippen LogP contribution is -1.94. The van der Waals surface area contributed by atoms with Gasteiger partial charge in [-0.2, -0.15) is 0 Å². The van der Waals surface area contributed by atoms with Crippen LogP contribution in [0.4, 0.5) is 13.2 Å². The quantitative estimate of drug-likeness (QED) is 0.264. The Labute approximate surface area is 178 Å². The first-order chi connectivity index (χ1) is 15.0. The van der Waals surface area contributed by atoms with Gasteiger partial charge in [0.25, 0.3) is 0 Å². The van der Waals surface area contributed by atoms with Crippen molar-refractivity contribution < 1.29 is 13.2 Å². The van der Waals surface area contributed by atoms with E-state index in [1.54, 1.807) is 36.5 Å². The summed E-state index contributed by atoms with van der Waals surface area (Å²) in [5, 5.41) is 1.53. The molecule has 0 N–H and O–H groups in total. The van der Waals surface area contributed by atoms with Crippen LogP contribution in [-0.2, 0) is 6.42 Å². The summed E-state index contributed by atoms with van der Waals surface area (Å²) in [5.74, 6) is 3.55. The predicted octanol–water partition coefficient (Wildman–Crippen LogP) is 6.84. The maximum Gasteiger partial charge on any atom is 0.142 e. The van der Waals surface area contributed by atoms with Gasteiger partial charge in [0.15, 0.2) is 0 Å². The number of aromatic nitrogens is 1. The van der Waals surface area contributed by atoms with Crippen molar-refractivity contribution in [1.82, 2.24) is 4.98 Å². The predicted molar refractivity (Wildman–Crippen MR) is 118 cm³/mol. The Bertz CT molecular complexity index is 1310. The second-order valence-corrected chi connectivity index (χ2v) is 7.15. The van der Waals surface area contributed by atoms with Crippen molar-refractivity contribution in [3.63, 3.8) is 0 Å². The molecule has 0 aliphatic rings. The maximum absolute atomic E-state index is 14.6. The maximum atomic E-state index is 14.6. The Hall–Kier alpha value is -3.84. The number of halogens is 3. The SMILES string of the molecule is C=CCCc1ccc(-c2cc(F)c(C#Cc3ccc4cc(F)ccc4c3)c(F)c2)nc1. The van der Waals surface area contributed by atoms with Gasteiger partial charge in [0.2, 0.25) is 0 Å². The van der Waals surface area contributed by atoms with E-state index < -0.39 is 11.6 Å². The van der Waals surface area contributed by atoms with Crippen molar-refractivity contribution in [3.05, 3.63) is 114 Å². The van der Waals surface area contributed by atoms with Gasteiger partial charge >= 0.3 is 0 Å². The summed E-state index contributed by atoms with van der Waals surface area (Å²) in [6, 6.07) is 15.7. The minimum absolute atomic E-state index is 0.300. The molecule has 3 aromatic carbocycles. The molecular weight excluding hydrogens is 395 g/mol. The third-order valence-electron chi connectivity index (χ3n) is 4.93. The lowest BCUT2D eigenvalue weighted by atomic mass is 10.0. The smallest absolute Gasteiger partial charge is 0.142 e. The first-order valence-electron chi connectivity index (χ1n) is 9.80. The van der Waals surface area contributed by atoms with Crippen LogP contribution in [0.2, 0.25) is 0 Å². The zero-order valence-electron chi connectivity index (χ0n) is 16.6. The van der Waals surface area contributed by atoms with Crippen molar-refractivity contribution in [1.29, 1.82) is 0 Å². The second-order valence-electron chi connectivity index (χ2n) is 7.15. The monoisotopic (exact) mass is 413 g/mol. The molecule has 0 amide bonds. The fraction of sp³-hybridized carbons (Fsp3) is 0.0741. The first kappa shape index (κ1) is 20.4. The van der Waals surface area contributed by atoms with E-state index >= 15 is 0 Å². The number of hydrogen-bond acceptors (Lipinski definition) is 1. The summed E-state index contributed by atoms with van der Waals surface area (Å²) in [7, 11) is 0. The van der Waals surface area contributed by atoms with Gasteiger partial charge in [-0.1, -0.05) is 36.1 Å². The van der Waals surface area contributed by atoms with E-state index in [-0.39, 0.29) is 11.4 Å². The van der Waals surface area contributed by atoms with E-state index in [2.05, 4.69) is 23.4 Å². The van der Waals surface area contributed by atoms with Crippen LogP contribution < -0.4 is 0 Å². The molecule has 0 atom stereocenters. The van der Waals surface area contributed by atoms with Crippen LogP contribution in [0.3, 0.4) is 0 Å². The summed E-state index contributed by atoms with van der Waals surface area (Å²) < 4.78 is 42.5. The zero-order valence-corrected chi connectivity index (χ0v) is 16.6. The number of pyridine rings is 1. The van der Waals surface area contributed by atoms with Gasteiger partial charge in [-0.3, -0.25) is 4.98 Å². The molecule has 1 nitrogen and oxygen atoms in total. The molecule has 0 spiro atoms. The molecular formula is C27H18F3N. The normalized spacial score (nSPS) is 10.5. The Morgan fingerprint density at radius 1 is 0.839 bits per heavy atom. The van der Waals surface area contributed by atoms with Gasteiger partial charge in [0.05, 0.1) is 11.3 Å². The fourth-order valence-corrected chi connectivity index (χ4v) is 3.28. The van der Waals surface area contributed by atoms with Gasteiger partial charge in [-0.05, 0) is 71.6 Å². The molecule has 152 valence electrons. The van der Waals surface area contributed by atoms with E-state index in [9.17, 15) is 13.2 Å². The van der Waals surface area contributed by atoms with Crippen molar-refractivity contribution in [2.24, 2.45) is 0 Å². The largest absolute Gasteiger partial charge is 0.256 e. The molecule has 0 bridgehead atoms. The summed E-state index contributed by atoms with van der Waals surface area (Å²) in [4.78, 5) is 4.31. The van der Waals surface area contributed by atoms with Crippen molar-refractivity contribution in [3.8, 4) is 23.1 Å². The number of fused-ring (bicyclic) bond motifs is 1. The molecule has 0 aliphatic carbocycles. The molecule has 0 saturated heterocycles. The fourth-order valence-electron chi connectivity index (χ4n) is 3.28. The van der Waals surface area contributed by atoms with Gasteiger partial charge in [-0.25, -0.2) is 13.2 Å². The van der Waals surface area contributed by atoms with Crippen LogP contribution in [0, 0.1) is 29.3 Å². The van der Waals surface area contributed by atoms with E-state index in [0.29, 0.717) is 16.8 Å². The minimum Gasteiger partial charge on any atom is -0.256 e. The van der Waals surface area contributed by atoms with Gasteiger partial charge in [0.1, 0.15) is 17.5 Å². The van der Waals surface area contributed by atoms with Crippen molar-refractivity contribution >= 4 is 10.8 Å². The molecule has 0 unspecified atom stereocenters. The second kappa shape index (κ2) is 8.89. The highest BCUT2D eigenvalue weighted by Gasteiger charge is 2.11. The highest BCUT2D eigenvalue weighted by atomic mass is 19.1. The van der Waals surface area contributed by atoms with Gasteiger partial charge in [-0.15, -0.1) is 6.58 Å². The Morgan fingerprint density at radius 2 is 1.58 bits per heavy atom. The number of benzene rings is 3. The lowest BCUT2D eigenvalue weighted by molar-refractivity contribution is 0.578. The van der Waals surface area contributed by atoms with Crippen LogP contribution in [0.15, 0.2) is 79.5 Å². The van der Waals surface area contributed by atoms with Gasteiger partial charge < -0.3 is 0 Å². The summed E-state index contributed by atoms with van der Waals surface area (Å²) in [5.41, 5.74) is 2.15. The Morgan fingerprint density at radius 3 is 2.29 bits per heavy atom. The van der Waals surface area contributed by atoms with Crippen LogP contribution >= 0.6 is 0 Å². The molecule has 1 heterocycles. The Balaban J connectivity index is 1.61. The number of nitrogens with zero attached hydrogens (tertiary/aromatic N) is 1. The average molecular weight is 413 g/mol. The number of hydrogen-bond donors (Lipinski definition) is 0. The third-order valence-corrected chi connectivity index (χ3v) is 4.93.